The van der Waals surface area contributed by atoms with E-state index in [-0.39, 0.29) is 11.9 Å². The number of rotatable bonds is 5. The molecule has 0 aliphatic carbocycles. The fourth-order valence-corrected chi connectivity index (χ4v) is 4.14. The Balaban J connectivity index is 1.53. The van der Waals surface area contributed by atoms with Crippen LogP contribution in [0.25, 0.3) is 11.3 Å². The summed E-state index contributed by atoms with van der Waals surface area (Å²) in [7, 11) is 0. The van der Waals surface area contributed by atoms with E-state index in [0.717, 1.165) is 60.7 Å². The maximum Gasteiger partial charge on any atom is 0.254 e. The second-order valence-corrected chi connectivity index (χ2v) is 7.58. The lowest BCUT2D eigenvalue weighted by Gasteiger charge is -2.36. The van der Waals surface area contributed by atoms with E-state index in [2.05, 4.69) is 20.0 Å². The van der Waals surface area contributed by atoms with Crippen LogP contribution in [0.5, 0.6) is 0 Å². The van der Waals surface area contributed by atoms with Gasteiger partial charge in [-0.1, -0.05) is 12.1 Å². The molecule has 6 heteroatoms. The predicted molar refractivity (Wildman–Crippen MR) is 109 cm³/mol. The van der Waals surface area contributed by atoms with Crippen LogP contribution in [0.15, 0.2) is 42.7 Å². The van der Waals surface area contributed by atoms with Gasteiger partial charge in [-0.2, -0.15) is 5.10 Å². The van der Waals surface area contributed by atoms with Gasteiger partial charge in [0, 0.05) is 48.3 Å². The highest BCUT2D eigenvalue weighted by atomic mass is 16.2. The first-order chi connectivity index (χ1) is 13.6. The molecule has 3 aromatic rings. The van der Waals surface area contributed by atoms with Crippen LogP contribution in [0.3, 0.4) is 0 Å². The van der Waals surface area contributed by atoms with E-state index >= 15 is 0 Å². The largest absolute Gasteiger partial charge is 0.346 e. The SMILES string of the molecule is Cc1nc(-c2cccc(C(=O)N3CCCC[C@@H]3CCn3cccn3)c2)c(C)[nH]1. The number of aromatic amines is 1. The van der Waals surface area contributed by atoms with Crippen molar-refractivity contribution in [3.8, 4) is 11.3 Å². The van der Waals surface area contributed by atoms with Crippen molar-refractivity contribution in [3.05, 3.63) is 59.8 Å². The lowest BCUT2D eigenvalue weighted by Crippen LogP contribution is -2.44. The van der Waals surface area contributed by atoms with E-state index in [9.17, 15) is 4.79 Å². The molecule has 1 aromatic carbocycles. The summed E-state index contributed by atoms with van der Waals surface area (Å²) in [6.45, 7) is 5.63. The van der Waals surface area contributed by atoms with Crippen LogP contribution in [-0.2, 0) is 6.54 Å². The van der Waals surface area contributed by atoms with Crippen LogP contribution in [0, 0.1) is 13.8 Å². The molecule has 0 unspecified atom stereocenters. The average Bonchev–Trinajstić information content (AvgIpc) is 3.35. The van der Waals surface area contributed by atoms with Crippen molar-refractivity contribution in [1.29, 1.82) is 0 Å². The maximum absolute atomic E-state index is 13.3. The Kier molecular flexibility index (Phi) is 5.28. The molecule has 2 aromatic heterocycles. The van der Waals surface area contributed by atoms with Gasteiger partial charge in [-0.05, 0) is 57.7 Å². The Hall–Kier alpha value is -2.89. The molecule has 0 radical (unpaired) electrons. The molecular formula is C22H27N5O. The van der Waals surface area contributed by atoms with E-state index in [4.69, 9.17) is 0 Å². The van der Waals surface area contributed by atoms with Gasteiger partial charge in [-0.15, -0.1) is 0 Å². The third-order valence-electron chi connectivity index (χ3n) is 5.52. The minimum absolute atomic E-state index is 0.122. The molecule has 3 heterocycles. The summed E-state index contributed by atoms with van der Waals surface area (Å²) in [6.07, 6.45) is 8.02. The minimum atomic E-state index is 0.122. The topological polar surface area (TPSA) is 66.8 Å². The lowest BCUT2D eigenvalue weighted by atomic mass is 9.97. The quantitative estimate of drug-likeness (QED) is 0.731. The number of amides is 1. The summed E-state index contributed by atoms with van der Waals surface area (Å²) in [5.74, 6) is 1.01. The lowest BCUT2D eigenvalue weighted by molar-refractivity contribution is 0.0594. The van der Waals surface area contributed by atoms with E-state index in [1.165, 1.54) is 6.42 Å². The Morgan fingerprint density at radius 1 is 1.25 bits per heavy atom. The van der Waals surface area contributed by atoms with Crippen molar-refractivity contribution >= 4 is 5.91 Å². The number of likely N-dealkylation sites (tertiary alicyclic amines) is 1. The van der Waals surface area contributed by atoms with Gasteiger partial charge in [0.15, 0.2) is 0 Å². The number of hydrogen-bond acceptors (Lipinski definition) is 3. The van der Waals surface area contributed by atoms with E-state index < -0.39 is 0 Å². The molecular weight excluding hydrogens is 350 g/mol. The molecule has 1 N–H and O–H groups in total. The number of piperidine rings is 1. The van der Waals surface area contributed by atoms with Gasteiger partial charge in [0.05, 0.1) is 5.69 Å². The first kappa shape index (κ1) is 18.5. The zero-order chi connectivity index (χ0) is 19.5. The Bertz CT molecular complexity index is 944. The van der Waals surface area contributed by atoms with Gasteiger partial charge in [0.25, 0.3) is 5.91 Å². The van der Waals surface area contributed by atoms with Crippen molar-refractivity contribution in [1.82, 2.24) is 24.6 Å². The monoisotopic (exact) mass is 377 g/mol. The summed E-state index contributed by atoms with van der Waals surface area (Å²) in [5, 5.41) is 4.29. The van der Waals surface area contributed by atoms with Gasteiger partial charge >= 0.3 is 0 Å². The van der Waals surface area contributed by atoms with Gasteiger partial charge in [-0.25, -0.2) is 4.98 Å². The van der Waals surface area contributed by atoms with Crippen molar-refractivity contribution in [2.45, 2.75) is 52.1 Å². The molecule has 1 atom stereocenters. The van der Waals surface area contributed by atoms with E-state index in [1.807, 2.05) is 55.1 Å². The van der Waals surface area contributed by atoms with E-state index in [1.54, 1.807) is 6.20 Å². The molecule has 6 nitrogen and oxygen atoms in total. The van der Waals surface area contributed by atoms with Gasteiger partial charge in [0.1, 0.15) is 5.82 Å². The van der Waals surface area contributed by atoms with Crippen LogP contribution in [0.1, 0.15) is 47.6 Å². The third kappa shape index (κ3) is 3.86. The van der Waals surface area contributed by atoms with E-state index in [0.29, 0.717) is 0 Å². The number of benzene rings is 1. The molecule has 0 spiro atoms. The number of carbonyl (C=O) groups excluding carboxylic acids is 1. The highest BCUT2D eigenvalue weighted by molar-refractivity contribution is 5.95. The zero-order valence-corrected chi connectivity index (χ0v) is 16.6. The van der Waals surface area contributed by atoms with Crippen molar-refractivity contribution in [3.63, 3.8) is 0 Å². The Morgan fingerprint density at radius 3 is 2.89 bits per heavy atom. The Morgan fingerprint density at radius 2 is 2.14 bits per heavy atom. The first-order valence-corrected chi connectivity index (χ1v) is 10.0. The molecule has 0 bridgehead atoms. The molecule has 146 valence electrons. The van der Waals surface area contributed by atoms with Gasteiger partial charge in [0.2, 0.25) is 0 Å². The number of nitrogens with one attached hydrogen (secondary N) is 1. The standard InChI is InChI=1S/C22H27N5O/c1-16-21(25-17(2)24-16)18-7-5-8-19(15-18)22(28)27-13-4-3-9-20(27)10-14-26-12-6-11-23-26/h5-8,11-12,15,20H,3-4,9-10,13-14H2,1-2H3,(H,24,25)/t20-/m1/s1. The molecule has 28 heavy (non-hydrogen) atoms. The normalized spacial score (nSPS) is 17.1. The predicted octanol–water partition coefficient (Wildman–Crippen LogP) is 3.98. The second kappa shape index (κ2) is 8.00. The van der Waals surface area contributed by atoms with Crippen LogP contribution in [0.2, 0.25) is 0 Å². The molecule has 1 amide bonds. The number of hydrogen-bond donors (Lipinski definition) is 1. The number of aryl methyl sites for hydroxylation is 3. The molecule has 1 saturated heterocycles. The number of H-pyrrole nitrogens is 1. The van der Waals surface area contributed by atoms with Crippen LogP contribution >= 0.6 is 0 Å². The molecule has 1 aliphatic rings. The number of aromatic nitrogens is 4. The summed E-state index contributed by atoms with van der Waals surface area (Å²) >= 11 is 0. The van der Waals surface area contributed by atoms with Crippen LogP contribution in [0.4, 0.5) is 0 Å². The summed E-state index contributed by atoms with van der Waals surface area (Å²) < 4.78 is 1.95. The van der Waals surface area contributed by atoms with Crippen molar-refractivity contribution < 1.29 is 4.79 Å². The Labute approximate surface area is 165 Å². The highest BCUT2D eigenvalue weighted by Gasteiger charge is 2.27. The number of imidazole rings is 1. The number of nitrogens with zero attached hydrogens (tertiary/aromatic N) is 4. The summed E-state index contributed by atoms with van der Waals surface area (Å²) in [5.41, 5.74) is 3.67. The van der Waals surface area contributed by atoms with Gasteiger partial charge < -0.3 is 9.88 Å². The molecule has 1 fully saturated rings. The average molecular weight is 377 g/mol. The first-order valence-electron chi connectivity index (χ1n) is 10.0. The molecule has 1 aliphatic heterocycles. The smallest absolute Gasteiger partial charge is 0.254 e. The number of carbonyl (C=O) groups is 1. The fraction of sp³-hybridized carbons (Fsp3) is 0.409. The highest BCUT2D eigenvalue weighted by Crippen LogP contribution is 2.26. The van der Waals surface area contributed by atoms with Crippen molar-refractivity contribution in [2.24, 2.45) is 0 Å². The second-order valence-electron chi connectivity index (χ2n) is 7.58. The fourth-order valence-electron chi connectivity index (χ4n) is 4.14. The summed E-state index contributed by atoms with van der Waals surface area (Å²) in [6, 6.07) is 10.1. The maximum atomic E-state index is 13.3. The zero-order valence-electron chi connectivity index (χ0n) is 16.6. The van der Waals surface area contributed by atoms with Gasteiger partial charge in [-0.3, -0.25) is 9.48 Å². The van der Waals surface area contributed by atoms with Crippen LogP contribution < -0.4 is 0 Å². The third-order valence-corrected chi connectivity index (χ3v) is 5.52. The van der Waals surface area contributed by atoms with Crippen molar-refractivity contribution in [2.75, 3.05) is 6.54 Å². The molecule has 4 rings (SSSR count). The molecule has 0 saturated carbocycles. The van der Waals surface area contributed by atoms with Crippen LogP contribution in [-0.4, -0.2) is 43.1 Å². The summed E-state index contributed by atoms with van der Waals surface area (Å²) in [4.78, 5) is 23.2. The minimum Gasteiger partial charge on any atom is -0.346 e.